The molecule has 172 valence electrons. The Kier molecular flexibility index (Phi) is 7.45. The number of likely N-dealkylation sites (tertiary alicyclic amines) is 1. The Morgan fingerprint density at radius 3 is 2.38 bits per heavy atom. The van der Waals surface area contributed by atoms with Gasteiger partial charge in [0.15, 0.2) is 23.2 Å². The molecule has 1 saturated heterocycles. The van der Waals surface area contributed by atoms with Crippen molar-refractivity contribution in [3.8, 4) is 11.5 Å². The molecule has 6 nitrogen and oxygen atoms in total. The number of carbonyl (C=O) groups excluding carboxylic acids is 2. The molecule has 1 atom stereocenters. The summed E-state index contributed by atoms with van der Waals surface area (Å²) in [6.07, 6.45) is 1.33. The topological polar surface area (TPSA) is 67.9 Å². The van der Waals surface area contributed by atoms with Gasteiger partial charge in [-0.2, -0.15) is 0 Å². The Morgan fingerprint density at radius 1 is 1.09 bits per heavy atom. The molecule has 0 saturated carbocycles. The first-order valence-electron chi connectivity index (χ1n) is 10.6. The zero-order valence-corrected chi connectivity index (χ0v) is 18.5. The largest absolute Gasteiger partial charge is 0.451 e. The van der Waals surface area contributed by atoms with E-state index in [-0.39, 0.29) is 30.2 Å². The van der Waals surface area contributed by atoms with E-state index in [0.717, 1.165) is 25.0 Å². The Balaban J connectivity index is 1.52. The molecule has 32 heavy (non-hydrogen) atoms. The number of amides is 1. The molecule has 2 aromatic rings. The zero-order valence-electron chi connectivity index (χ0n) is 18.5. The minimum Gasteiger partial charge on any atom is -0.451 e. The van der Waals surface area contributed by atoms with Gasteiger partial charge in [0.1, 0.15) is 11.4 Å². The van der Waals surface area contributed by atoms with Crippen LogP contribution in [0, 0.1) is 11.6 Å². The number of carbonyl (C=O) groups is 2. The van der Waals surface area contributed by atoms with E-state index in [1.54, 1.807) is 17.0 Å². The molecule has 1 fully saturated rings. The molecule has 0 spiro atoms. The number of Topliss-reactive ketones (excluding diaryl/α,β-unsaturated/α-hetero) is 1. The first-order valence-corrected chi connectivity index (χ1v) is 10.6. The van der Waals surface area contributed by atoms with E-state index in [0.29, 0.717) is 18.7 Å². The predicted octanol–water partition coefficient (Wildman–Crippen LogP) is 4.93. The smallest absolute Gasteiger partial charge is 0.410 e. The van der Waals surface area contributed by atoms with Crippen molar-refractivity contribution in [2.75, 3.05) is 19.6 Å². The van der Waals surface area contributed by atoms with Crippen LogP contribution < -0.4 is 10.1 Å². The van der Waals surface area contributed by atoms with Crippen LogP contribution in [0.4, 0.5) is 13.6 Å². The van der Waals surface area contributed by atoms with E-state index in [4.69, 9.17) is 9.47 Å². The summed E-state index contributed by atoms with van der Waals surface area (Å²) in [5, 5.41) is 3.21. The number of hydrogen-bond acceptors (Lipinski definition) is 5. The second-order valence-electron chi connectivity index (χ2n) is 8.75. The number of benzene rings is 2. The van der Waals surface area contributed by atoms with Crippen molar-refractivity contribution >= 4 is 11.9 Å². The molecule has 8 heteroatoms. The Labute approximate surface area is 186 Å². The van der Waals surface area contributed by atoms with Gasteiger partial charge in [0.25, 0.3) is 0 Å². The second kappa shape index (κ2) is 10.1. The lowest BCUT2D eigenvalue weighted by atomic mass is 10.1. The number of ether oxygens (including phenoxy) is 2. The standard InChI is InChI=1S/C24H28F2N2O4/c1-24(2,3)32-23(30)28-13-5-6-17(15-28)27-14-21(29)16-9-11-18(12-10-16)31-22-19(25)7-4-8-20(22)26/h4,7-12,17,27H,5-6,13-15H2,1-3H3/t17-/m1/s1. The third-order valence-electron chi connectivity index (χ3n) is 4.94. The number of nitrogens with one attached hydrogen (secondary N) is 1. The van der Waals surface area contributed by atoms with Crippen LogP contribution in [-0.4, -0.2) is 48.1 Å². The average Bonchev–Trinajstić information content (AvgIpc) is 2.74. The number of nitrogens with zero attached hydrogens (tertiary/aromatic N) is 1. The maximum atomic E-state index is 13.7. The quantitative estimate of drug-likeness (QED) is 0.638. The second-order valence-corrected chi connectivity index (χ2v) is 8.75. The van der Waals surface area contributed by atoms with Crippen molar-refractivity contribution in [3.63, 3.8) is 0 Å². The Morgan fingerprint density at radius 2 is 1.75 bits per heavy atom. The van der Waals surface area contributed by atoms with Crippen LogP contribution in [0.1, 0.15) is 44.0 Å². The molecule has 0 aromatic heterocycles. The number of ketones is 1. The van der Waals surface area contributed by atoms with Gasteiger partial charge in [-0.05, 0) is 70.0 Å². The summed E-state index contributed by atoms with van der Waals surface area (Å²) in [4.78, 5) is 26.5. The number of para-hydroxylation sites is 1. The van der Waals surface area contributed by atoms with Gasteiger partial charge in [-0.3, -0.25) is 4.79 Å². The first kappa shape index (κ1) is 23.7. The summed E-state index contributed by atoms with van der Waals surface area (Å²) in [5.41, 5.74) is -0.111. The van der Waals surface area contributed by atoms with E-state index >= 15 is 0 Å². The fourth-order valence-corrected chi connectivity index (χ4v) is 3.38. The highest BCUT2D eigenvalue weighted by molar-refractivity contribution is 5.97. The van der Waals surface area contributed by atoms with Gasteiger partial charge in [-0.1, -0.05) is 6.07 Å². The first-order chi connectivity index (χ1) is 15.1. The van der Waals surface area contributed by atoms with Gasteiger partial charge in [0.2, 0.25) is 0 Å². The van der Waals surface area contributed by atoms with Crippen LogP contribution in [0.15, 0.2) is 42.5 Å². The van der Waals surface area contributed by atoms with E-state index in [2.05, 4.69) is 5.32 Å². The normalized spacial score (nSPS) is 16.5. The highest BCUT2D eigenvalue weighted by atomic mass is 19.1. The van der Waals surface area contributed by atoms with Gasteiger partial charge in [-0.15, -0.1) is 0 Å². The van der Waals surface area contributed by atoms with Crippen LogP contribution in [0.2, 0.25) is 0 Å². The van der Waals surface area contributed by atoms with Gasteiger partial charge in [-0.25, -0.2) is 13.6 Å². The van der Waals surface area contributed by atoms with Crippen molar-refractivity contribution < 1.29 is 27.8 Å². The summed E-state index contributed by atoms with van der Waals surface area (Å²) in [5.74, 6) is -2.01. The van der Waals surface area contributed by atoms with Crippen molar-refractivity contribution in [3.05, 3.63) is 59.7 Å². The molecule has 1 heterocycles. The lowest BCUT2D eigenvalue weighted by molar-refractivity contribution is 0.0188. The SMILES string of the molecule is CC(C)(C)OC(=O)N1CCC[C@@H](NCC(=O)c2ccc(Oc3c(F)cccc3F)cc2)C1. The fourth-order valence-electron chi connectivity index (χ4n) is 3.38. The third-order valence-corrected chi connectivity index (χ3v) is 4.94. The molecule has 1 N–H and O–H groups in total. The summed E-state index contributed by atoms with van der Waals surface area (Å²) in [6.45, 7) is 6.69. The van der Waals surface area contributed by atoms with Gasteiger partial charge >= 0.3 is 6.09 Å². The van der Waals surface area contributed by atoms with Crippen molar-refractivity contribution in [2.45, 2.75) is 45.3 Å². The summed E-state index contributed by atoms with van der Waals surface area (Å²) < 4.78 is 38.1. The molecule has 0 aliphatic carbocycles. The van der Waals surface area contributed by atoms with Gasteiger partial charge in [0.05, 0.1) is 6.54 Å². The lowest BCUT2D eigenvalue weighted by Gasteiger charge is -2.34. The minimum absolute atomic E-state index is 0.00754. The highest BCUT2D eigenvalue weighted by Crippen LogP contribution is 2.27. The van der Waals surface area contributed by atoms with Gasteiger partial charge in [0, 0.05) is 24.7 Å². The van der Waals surface area contributed by atoms with Crippen LogP contribution in [0.3, 0.4) is 0 Å². The molecule has 3 rings (SSSR count). The van der Waals surface area contributed by atoms with E-state index in [9.17, 15) is 18.4 Å². The molecule has 0 unspecified atom stereocenters. The summed E-state index contributed by atoms with van der Waals surface area (Å²) >= 11 is 0. The lowest BCUT2D eigenvalue weighted by Crippen LogP contribution is -2.50. The zero-order chi connectivity index (χ0) is 23.3. The molecule has 0 bridgehead atoms. The Hall–Kier alpha value is -3.00. The van der Waals surface area contributed by atoms with Crippen LogP contribution in [0.5, 0.6) is 11.5 Å². The number of rotatable bonds is 6. The highest BCUT2D eigenvalue weighted by Gasteiger charge is 2.27. The predicted molar refractivity (Wildman–Crippen MR) is 116 cm³/mol. The number of hydrogen-bond donors (Lipinski definition) is 1. The van der Waals surface area contributed by atoms with Crippen LogP contribution >= 0.6 is 0 Å². The van der Waals surface area contributed by atoms with Crippen molar-refractivity contribution in [1.82, 2.24) is 10.2 Å². The van der Waals surface area contributed by atoms with Crippen LogP contribution in [0.25, 0.3) is 0 Å². The number of piperidine rings is 1. The Bertz CT molecular complexity index is 937. The summed E-state index contributed by atoms with van der Waals surface area (Å²) in [6, 6.07) is 9.54. The number of halogens is 2. The fraction of sp³-hybridized carbons (Fsp3) is 0.417. The average molecular weight is 446 g/mol. The minimum atomic E-state index is -0.803. The summed E-state index contributed by atoms with van der Waals surface area (Å²) in [7, 11) is 0. The molecule has 2 aromatic carbocycles. The third kappa shape index (κ3) is 6.50. The molecular weight excluding hydrogens is 418 g/mol. The maximum Gasteiger partial charge on any atom is 0.410 e. The molecule has 0 radical (unpaired) electrons. The van der Waals surface area contributed by atoms with E-state index in [1.165, 1.54) is 18.2 Å². The van der Waals surface area contributed by atoms with E-state index in [1.807, 2.05) is 20.8 Å². The van der Waals surface area contributed by atoms with Crippen molar-refractivity contribution in [2.24, 2.45) is 0 Å². The molecule has 1 amide bonds. The maximum absolute atomic E-state index is 13.7. The van der Waals surface area contributed by atoms with E-state index < -0.39 is 23.0 Å². The monoisotopic (exact) mass is 446 g/mol. The molecule has 1 aliphatic heterocycles. The van der Waals surface area contributed by atoms with Gasteiger partial charge < -0.3 is 19.7 Å². The molecular formula is C24H28F2N2O4. The van der Waals surface area contributed by atoms with Crippen molar-refractivity contribution in [1.29, 1.82) is 0 Å². The molecule has 1 aliphatic rings. The van der Waals surface area contributed by atoms with Crippen LogP contribution in [-0.2, 0) is 4.74 Å².